The van der Waals surface area contributed by atoms with Crippen molar-refractivity contribution in [1.82, 2.24) is 5.32 Å². The summed E-state index contributed by atoms with van der Waals surface area (Å²) in [6.45, 7) is -15.0. The van der Waals surface area contributed by atoms with Crippen LogP contribution in [0.25, 0.3) is 0 Å². The summed E-state index contributed by atoms with van der Waals surface area (Å²) < 4.78 is 108. The lowest BCUT2D eigenvalue weighted by Gasteiger charge is -2.47. The predicted molar refractivity (Wildman–Crippen MR) is 72.1 cm³/mol. The molecule has 14 heavy (non-hydrogen) atoms. The van der Waals surface area contributed by atoms with Crippen LogP contribution in [-0.2, 0) is 4.79 Å². The first-order valence-electron chi connectivity index (χ1n) is 10.1. The molecule has 0 aliphatic carbocycles. The van der Waals surface area contributed by atoms with Crippen LogP contribution in [0.4, 0.5) is 0 Å². The average Bonchev–Trinajstić information content (AvgIpc) is 2.29. The van der Waals surface area contributed by atoms with Gasteiger partial charge in [0, 0.05) is 27.5 Å². The minimum Gasteiger partial charge on any atom is -0.304 e. The fourth-order valence-electron chi connectivity index (χ4n) is 0.828. The highest BCUT2D eigenvalue weighted by Gasteiger charge is 2.49. The molecular formula is C9H16Br3NO. The van der Waals surface area contributed by atoms with E-state index in [0.717, 1.165) is 0 Å². The number of alkyl halides is 2. The molecule has 0 spiro atoms. The van der Waals surface area contributed by atoms with Gasteiger partial charge in [-0.15, -0.1) is 17.0 Å². The number of rotatable bonds is 0. The van der Waals surface area contributed by atoms with Crippen LogP contribution >= 0.6 is 48.8 Å². The first kappa shape index (κ1) is 3.79. The van der Waals surface area contributed by atoms with Crippen LogP contribution < -0.4 is 5.32 Å². The molecular weight excluding hydrogens is 378 g/mol. The van der Waals surface area contributed by atoms with Gasteiger partial charge < -0.3 is 5.32 Å². The summed E-state index contributed by atoms with van der Waals surface area (Å²) in [5.41, 5.74) is -7.32. The number of Topliss-reactive ketones (excluding diaryl/α,β-unsaturated/α-hetero) is 1. The zero-order valence-electron chi connectivity index (χ0n) is 20.6. The molecule has 1 aliphatic rings. The highest BCUT2D eigenvalue weighted by Crippen LogP contribution is 2.34. The van der Waals surface area contributed by atoms with E-state index in [1.54, 1.807) is 5.32 Å². The zero-order valence-corrected chi connectivity index (χ0v) is 11.5. The lowest BCUT2D eigenvalue weighted by atomic mass is 9.82. The maximum atomic E-state index is 12.9. The first-order chi connectivity index (χ1) is 11.4. The molecule has 0 aromatic heterocycles. The van der Waals surface area contributed by atoms with Gasteiger partial charge in [0.15, 0.2) is 5.78 Å². The van der Waals surface area contributed by atoms with E-state index >= 15 is 0 Å². The Balaban J connectivity index is 0.00000729. The van der Waals surface area contributed by atoms with Gasteiger partial charge in [-0.25, -0.2) is 0 Å². The minimum atomic E-state index is -3.76. The van der Waals surface area contributed by atoms with Crippen LogP contribution in [0, 0.1) is 0 Å². The summed E-state index contributed by atoms with van der Waals surface area (Å²) in [5.74, 6) is -1.90. The van der Waals surface area contributed by atoms with Crippen LogP contribution in [0.5, 0.6) is 0 Å². The van der Waals surface area contributed by atoms with E-state index in [2.05, 4.69) is 31.9 Å². The van der Waals surface area contributed by atoms with Crippen molar-refractivity contribution < 1.29 is 24.0 Å². The third-order valence-corrected chi connectivity index (χ3v) is 3.34. The molecule has 1 heterocycles. The SMILES string of the molecule is Br.[2H]C([2H])([2H])C1(C([2H])([2H])[2H])NC(C([2H])([2H])[2H])(C([2H])([2H])[2H])C([2H])(Br)C(=O)C1([2H])Br. The third kappa shape index (κ3) is 2.60. The van der Waals surface area contributed by atoms with E-state index in [1.165, 1.54) is 0 Å². The molecule has 0 aromatic carbocycles. The van der Waals surface area contributed by atoms with Gasteiger partial charge in [-0.1, -0.05) is 31.9 Å². The second-order valence-corrected chi connectivity index (χ2v) is 4.17. The average molecular weight is 408 g/mol. The molecule has 2 unspecified atom stereocenters. The van der Waals surface area contributed by atoms with Gasteiger partial charge in [-0.2, -0.15) is 0 Å². The van der Waals surface area contributed by atoms with Crippen molar-refractivity contribution in [2.75, 3.05) is 0 Å². The summed E-state index contributed by atoms with van der Waals surface area (Å²) >= 11 is 4.86. The van der Waals surface area contributed by atoms with Gasteiger partial charge in [-0.3, -0.25) is 4.79 Å². The summed E-state index contributed by atoms with van der Waals surface area (Å²) in [5, 5.41) is 1.61. The third-order valence-electron chi connectivity index (χ3n) is 1.43. The minimum absolute atomic E-state index is 0. The molecule has 1 aliphatic heterocycles. The topological polar surface area (TPSA) is 29.1 Å². The maximum Gasteiger partial charge on any atom is 0.163 e. The molecule has 1 N–H and O–H groups in total. The fourth-order valence-corrected chi connectivity index (χ4v) is 1.69. The van der Waals surface area contributed by atoms with Crippen LogP contribution in [0.2, 0.25) is 0 Å². The largest absolute Gasteiger partial charge is 0.304 e. The second kappa shape index (κ2) is 4.52. The molecule has 2 nitrogen and oxygen atoms in total. The van der Waals surface area contributed by atoms with Crippen molar-refractivity contribution in [3.8, 4) is 0 Å². The van der Waals surface area contributed by atoms with Gasteiger partial charge >= 0.3 is 0 Å². The molecule has 1 saturated heterocycles. The monoisotopic (exact) mass is 405 g/mol. The molecule has 0 aromatic rings. The molecule has 0 saturated carbocycles. The Morgan fingerprint density at radius 1 is 1.29 bits per heavy atom. The summed E-state index contributed by atoms with van der Waals surface area (Å²) in [6, 6.07) is 0. The van der Waals surface area contributed by atoms with Crippen molar-refractivity contribution >= 4 is 54.6 Å². The number of ketones is 1. The summed E-state index contributed by atoms with van der Waals surface area (Å²) in [7, 11) is 0. The van der Waals surface area contributed by atoms with Crippen LogP contribution in [-0.4, -0.2) is 26.5 Å². The van der Waals surface area contributed by atoms with Crippen molar-refractivity contribution in [3.05, 3.63) is 0 Å². The maximum absolute atomic E-state index is 12.9. The molecule has 5 heteroatoms. The molecule has 0 radical (unpaired) electrons. The Morgan fingerprint density at radius 3 is 1.93 bits per heavy atom. The number of carbonyl (C=O) groups is 1. The Hall–Kier alpha value is 1.07. The molecule has 2 atom stereocenters. The van der Waals surface area contributed by atoms with E-state index in [-0.39, 0.29) is 17.0 Å². The molecule has 1 fully saturated rings. The van der Waals surface area contributed by atoms with Gasteiger partial charge in [0.05, 0.1) is 12.3 Å². The van der Waals surface area contributed by atoms with E-state index in [4.69, 9.17) is 19.2 Å². The summed E-state index contributed by atoms with van der Waals surface area (Å²) in [6.07, 6.45) is 0. The standard InChI is InChI=1S/C9H15Br2NO.BrH/c1-8(2)6(10)5(13)7(11)9(3,4)12-8;/h6-7,12H,1-4H3;1H/i1D3,2D3,3D3,4D3,6D,7D;. The lowest BCUT2D eigenvalue weighted by molar-refractivity contribution is -0.122. The second-order valence-electron chi connectivity index (χ2n) is 2.58. The van der Waals surface area contributed by atoms with Gasteiger partial charge in [0.2, 0.25) is 0 Å². The number of halogens is 3. The van der Waals surface area contributed by atoms with Crippen LogP contribution in [0.15, 0.2) is 0 Å². The quantitative estimate of drug-likeness (QED) is 0.625. The summed E-state index contributed by atoms with van der Waals surface area (Å²) in [4.78, 5) is 6.27. The van der Waals surface area contributed by atoms with Gasteiger partial charge in [-0.05, 0) is 27.4 Å². The number of hydrogen-bond acceptors (Lipinski definition) is 2. The number of hydrogen-bond donors (Lipinski definition) is 1. The Morgan fingerprint density at radius 2 is 1.64 bits per heavy atom. The van der Waals surface area contributed by atoms with Gasteiger partial charge in [0.1, 0.15) is 0 Å². The smallest absolute Gasteiger partial charge is 0.163 e. The van der Waals surface area contributed by atoms with Crippen molar-refractivity contribution in [2.45, 2.75) is 48.1 Å². The number of carbonyl (C=O) groups excluding carboxylic acids is 1. The Labute approximate surface area is 132 Å². The van der Waals surface area contributed by atoms with Crippen molar-refractivity contribution in [1.29, 1.82) is 0 Å². The Kier molecular flexibility index (Phi) is 1.22. The van der Waals surface area contributed by atoms with Crippen LogP contribution in [0.3, 0.4) is 0 Å². The number of piperidine rings is 1. The van der Waals surface area contributed by atoms with E-state index in [0.29, 0.717) is 0 Å². The molecule has 1 rings (SSSR count). The first-order valence-corrected chi connectivity index (χ1v) is 4.67. The van der Waals surface area contributed by atoms with Gasteiger partial charge in [0.25, 0.3) is 0 Å². The lowest BCUT2D eigenvalue weighted by Crippen LogP contribution is -2.69. The van der Waals surface area contributed by atoms with E-state index < -0.39 is 53.9 Å². The Bertz CT molecular complexity index is 550. The predicted octanol–water partition coefficient (Wildman–Crippen LogP) is 2.82. The molecule has 84 valence electrons. The van der Waals surface area contributed by atoms with Crippen molar-refractivity contribution in [3.63, 3.8) is 0 Å². The highest BCUT2D eigenvalue weighted by molar-refractivity contribution is 9.10. The molecule has 0 bridgehead atoms. The number of nitrogens with one attached hydrogen (secondary N) is 1. The van der Waals surface area contributed by atoms with E-state index in [1.807, 2.05) is 0 Å². The normalized spacial score (nSPS) is 63.7. The zero-order chi connectivity index (χ0) is 22.3. The fraction of sp³-hybridized carbons (Fsp3) is 0.889. The highest BCUT2D eigenvalue weighted by atomic mass is 79.9. The van der Waals surface area contributed by atoms with Crippen LogP contribution in [0.1, 0.15) is 46.6 Å². The molecule has 0 amide bonds. The van der Waals surface area contributed by atoms with Crippen molar-refractivity contribution in [2.24, 2.45) is 0 Å². The van der Waals surface area contributed by atoms with E-state index in [9.17, 15) is 4.79 Å².